The van der Waals surface area contributed by atoms with Crippen molar-refractivity contribution in [3.63, 3.8) is 0 Å². The number of hydrogen-bond donors (Lipinski definition) is 1. The minimum atomic E-state index is -0.271. The number of nitrogens with zero attached hydrogens (tertiary/aromatic N) is 7. The maximum atomic E-state index is 13.1. The van der Waals surface area contributed by atoms with Crippen molar-refractivity contribution in [2.45, 2.75) is 22.5 Å². The average molecular weight is 495 g/mol. The molecule has 0 radical (unpaired) electrons. The highest BCUT2D eigenvalue weighted by molar-refractivity contribution is 7.98. The molecule has 172 valence electrons. The lowest BCUT2D eigenvalue weighted by Crippen LogP contribution is -2.20. The van der Waals surface area contributed by atoms with Crippen LogP contribution in [-0.2, 0) is 5.75 Å². The van der Waals surface area contributed by atoms with Crippen molar-refractivity contribution in [2.75, 3.05) is 19.5 Å². The van der Waals surface area contributed by atoms with Gasteiger partial charge >= 0.3 is 0 Å². The molecule has 0 aliphatic carbocycles. The molecule has 6 rings (SSSR count). The van der Waals surface area contributed by atoms with E-state index in [4.69, 9.17) is 9.47 Å². The number of fused-ring (bicyclic) bond motifs is 4. The maximum absolute atomic E-state index is 13.1. The van der Waals surface area contributed by atoms with Crippen LogP contribution >= 0.6 is 23.5 Å². The summed E-state index contributed by atoms with van der Waals surface area (Å²) in [5.41, 5.74) is 1.42. The van der Waals surface area contributed by atoms with Crippen molar-refractivity contribution < 1.29 is 9.47 Å². The molecule has 0 atom stereocenters. The molecular weight excluding hydrogens is 476 g/mol. The summed E-state index contributed by atoms with van der Waals surface area (Å²) in [6, 6.07) is 7.73. The van der Waals surface area contributed by atoms with Gasteiger partial charge in [0.15, 0.2) is 11.5 Å². The second-order valence-corrected chi connectivity index (χ2v) is 9.14. The van der Waals surface area contributed by atoms with Crippen LogP contribution in [0.1, 0.15) is 12.0 Å². The van der Waals surface area contributed by atoms with Crippen LogP contribution in [0.4, 0.5) is 0 Å². The number of aromatic amines is 1. The first-order valence-electron chi connectivity index (χ1n) is 10.4. The van der Waals surface area contributed by atoms with Crippen LogP contribution in [0.2, 0.25) is 0 Å². The molecule has 5 heterocycles. The molecular formula is C21H18N8O3S2. The van der Waals surface area contributed by atoms with Gasteiger partial charge in [0.25, 0.3) is 11.3 Å². The van der Waals surface area contributed by atoms with Crippen LogP contribution in [0.3, 0.4) is 0 Å². The topological polar surface area (TPSA) is 125 Å². The van der Waals surface area contributed by atoms with Gasteiger partial charge in [0.1, 0.15) is 0 Å². The Labute approximate surface area is 200 Å². The van der Waals surface area contributed by atoms with Crippen molar-refractivity contribution in [1.82, 2.24) is 39.3 Å². The summed E-state index contributed by atoms with van der Waals surface area (Å²) in [6.07, 6.45) is 5.89. The van der Waals surface area contributed by atoms with Crippen LogP contribution in [0.25, 0.3) is 22.6 Å². The summed E-state index contributed by atoms with van der Waals surface area (Å²) in [4.78, 5) is 26.2. The van der Waals surface area contributed by atoms with Gasteiger partial charge in [-0.1, -0.05) is 29.6 Å². The number of thioether (sulfide) groups is 2. The van der Waals surface area contributed by atoms with E-state index in [2.05, 4.69) is 30.2 Å². The van der Waals surface area contributed by atoms with Gasteiger partial charge in [-0.3, -0.25) is 9.36 Å². The minimum absolute atomic E-state index is 0.271. The molecule has 5 aromatic rings. The third-order valence-electron chi connectivity index (χ3n) is 5.26. The van der Waals surface area contributed by atoms with E-state index < -0.39 is 0 Å². The predicted molar refractivity (Wildman–Crippen MR) is 127 cm³/mol. The summed E-state index contributed by atoms with van der Waals surface area (Å²) in [6.45, 7) is 1.31. The molecule has 1 aliphatic heterocycles. The lowest BCUT2D eigenvalue weighted by atomic mass is 10.2. The summed E-state index contributed by atoms with van der Waals surface area (Å²) in [5.74, 6) is 2.96. The fourth-order valence-electron chi connectivity index (χ4n) is 3.61. The molecule has 0 saturated carbocycles. The highest BCUT2D eigenvalue weighted by Gasteiger charge is 2.15. The molecule has 1 aliphatic rings. The van der Waals surface area contributed by atoms with Crippen LogP contribution in [0, 0.1) is 0 Å². The van der Waals surface area contributed by atoms with Crippen LogP contribution in [0.15, 0.2) is 51.8 Å². The van der Waals surface area contributed by atoms with E-state index in [0.29, 0.717) is 51.9 Å². The maximum Gasteiger partial charge on any atom is 0.268 e. The number of nitrogens with one attached hydrogen (secondary N) is 1. The van der Waals surface area contributed by atoms with Gasteiger partial charge in [-0.25, -0.2) is 10.1 Å². The van der Waals surface area contributed by atoms with Gasteiger partial charge in [-0.15, -0.1) is 10.2 Å². The second kappa shape index (κ2) is 8.65. The Balaban J connectivity index is 1.29. The molecule has 0 bridgehead atoms. The number of hydrogen-bond acceptors (Lipinski definition) is 10. The van der Waals surface area contributed by atoms with Crippen LogP contribution < -0.4 is 15.0 Å². The van der Waals surface area contributed by atoms with Crippen molar-refractivity contribution in [1.29, 1.82) is 0 Å². The molecule has 1 aromatic carbocycles. The predicted octanol–water partition coefficient (Wildman–Crippen LogP) is 2.72. The Kier molecular flexibility index (Phi) is 5.34. The van der Waals surface area contributed by atoms with E-state index in [1.165, 1.54) is 34.3 Å². The lowest BCUT2D eigenvalue weighted by molar-refractivity contribution is 0.297. The van der Waals surface area contributed by atoms with E-state index in [1.807, 2.05) is 24.5 Å². The van der Waals surface area contributed by atoms with Crippen molar-refractivity contribution in [3.8, 4) is 17.4 Å². The van der Waals surface area contributed by atoms with Gasteiger partial charge in [0, 0.05) is 24.6 Å². The number of rotatable bonds is 5. The summed E-state index contributed by atoms with van der Waals surface area (Å²) < 4.78 is 14.5. The van der Waals surface area contributed by atoms with Gasteiger partial charge < -0.3 is 9.47 Å². The summed E-state index contributed by atoms with van der Waals surface area (Å²) in [5, 5.41) is 13.0. The quantitative estimate of drug-likeness (QED) is 0.365. The average Bonchev–Trinajstić information content (AvgIpc) is 3.44. The summed E-state index contributed by atoms with van der Waals surface area (Å²) >= 11 is 2.87. The van der Waals surface area contributed by atoms with Crippen molar-refractivity contribution in [2.24, 2.45) is 0 Å². The third kappa shape index (κ3) is 3.76. The number of benzene rings is 1. The van der Waals surface area contributed by atoms with E-state index in [-0.39, 0.29) is 5.56 Å². The molecule has 34 heavy (non-hydrogen) atoms. The van der Waals surface area contributed by atoms with E-state index >= 15 is 0 Å². The first-order valence-corrected chi connectivity index (χ1v) is 12.7. The Bertz CT molecular complexity index is 1580. The zero-order chi connectivity index (χ0) is 23.1. The number of pyridine rings is 1. The molecule has 0 amide bonds. The molecule has 0 spiro atoms. The SMILES string of the molecule is CSc1n[nH]c(-n2ccc3c(cnc4nc(SCc5ccc6c(c5)OCCCO6)nn43)c2=O)n1. The molecule has 4 aromatic heterocycles. The van der Waals surface area contributed by atoms with Crippen molar-refractivity contribution in [3.05, 3.63) is 52.6 Å². The largest absolute Gasteiger partial charge is 0.490 e. The molecule has 13 heteroatoms. The normalized spacial score (nSPS) is 13.4. The first kappa shape index (κ1) is 21.0. The lowest BCUT2D eigenvalue weighted by Gasteiger charge is -2.08. The second-order valence-electron chi connectivity index (χ2n) is 7.42. The Morgan fingerprint density at radius 1 is 1.12 bits per heavy atom. The standard InChI is InChI=1S/C21H18N8O3S2/c1-33-20-24-19(25-26-20)28-6-5-14-13(17(28)30)10-22-18-23-21(27-29(14)18)34-11-12-3-4-15-16(9-12)32-8-2-7-31-15/h3-6,9-10H,2,7-8,11H2,1H3,(H,24,25,26). The van der Waals surface area contributed by atoms with E-state index in [9.17, 15) is 4.79 Å². The third-order valence-corrected chi connectivity index (χ3v) is 6.71. The molecule has 11 nitrogen and oxygen atoms in total. The molecule has 1 N–H and O–H groups in total. The Morgan fingerprint density at radius 3 is 2.85 bits per heavy atom. The smallest absolute Gasteiger partial charge is 0.268 e. The number of H-pyrrole nitrogens is 1. The van der Waals surface area contributed by atoms with E-state index in [0.717, 1.165) is 23.5 Å². The highest BCUT2D eigenvalue weighted by Crippen LogP contribution is 2.32. The zero-order valence-corrected chi connectivity index (χ0v) is 19.6. The Morgan fingerprint density at radius 2 is 2.00 bits per heavy atom. The summed E-state index contributed by atoms with van der Waals surface area (Å²) in [7, 11) is 0. The minimum Gasteiger partial charge on any atom is -0.490 e. The van der Waals surface area contributed by atoms with E-state index in [1.54, 1.807) is 16.8 Å². The van der Waals surface area contributed by atoms with Crippen molar-refractivity contribution >= 4 is 40.2 Å². The highest BCUT2D eigenvalue weighted by atomic mass is 32.2. The number of aromatic nitrogens is 8. The molecule has 0 unspecified atom stereocenters. The molecule has 0 saturated heterocycles. The zero-order valence-electron chi connectivity index (χ0n) is 18.0. The first-order chi connectivity index (χ1) is 16.7. The number of ether oxygens (including phenoxy) is 2. The fraction of sp³-hybridized carbons (Fsp3) is 0.238. The fourth-order valence-corrected chi connectivity index (χ4v) is 4.69. The van der Waals surface area contributed by atoms with Gasteiger partial charge in [0.05, 0.1) is 24.1 Å². The van der Waals surface area contributed by atoms with Crippen LogP contribution in [-0.4, -0.2) is 58.8 Å². The monoisotopic (exact) mass is 494 g/mol. The Hall–Kier alpha value is -3.58. The van der Waals surface area contributed by atoms with Gasteiger partial charge in [0.2, 0.25) is 16.3 Å². The molecule has 0 fully saturated rings. The van der Waals surface area contributed by atoms with Gasteiger partial charge in [-0.2, -0.15) is 14.5 Å². The van der Waals surface area contributed by atoms with Gasteiger partial charge in [-0.05, 0) is 30.0 Å². The van der Waals surface area contributed by atoms with Crippen LogP contribution in [0.5, 0.6) is 11.5 Å².